The Morgan fingerprint density at radius 1 is 1.04 bits per heavy atom. The zero-order valence-corrected chi connectivity index (χ0v) is 16.4. The topological polar surface area (TPSA) is 35.9 Å². The Hall–Kier alpha value is -3.14. The van der Waals surface area contributed by atoms with E-state index >= 15 is 0 Å². The van der Waals surface area contributed by atoms with Crippen molar-refractivity contribution in [2.45, 2.75) is 26.3 Å². The molecule has 2 aromatic carbocycles. The predicted molar refractivity (Wildman–Crippen MR) is 113 cm³/mol. The highest BCUT2D eigenvalue weighted by Crippen LogP contribution is 2.39. The molecular formula is C24H25N3O. The van der Waals surface area contributed by atoms with Crippen molar-refractivity contribution in [2.24, 2.45) is 4.99 Å². The summed E-state index contributed by atoms with van der Waals surface area (Å²) in [6.45, 7) is 9.39. The molecule has 2 aliphatic rings. The largest absolute Gasteiger partial charge is 0.337 e. The summed E-state index contributed by atoms with van der Waals surface area (Å²) in [6.07, 6.45) is 0.789. The Bertz CT molecular complexity index is 920. The molecule has 0 fully saturated rings. The van der Waals surface area contributed by atoms with Crippen molar-refractivity contribution in [1.82, 2.24) is 9.80 Å². The fourth-order valence-electron chi connectivity index (χ4n) is 4.12. The molecule has 0 spiro atoms. The lowest BCUT2D eigenvalue weighted by atomic mass is 9.92. The lowest BCUT2D eigenvalue weighted by molar-refractivity contribution is -0.128. The highest BCUT2D eigenvalue weighted by molar-refractivity contribution is 5.86. The molecule has 0 saturated carbocycles. The number of amidine groups is 1. The van der Waals surface area contributed by atoms with Crippen LogP contribution in [-0.4, -0.2) is 34.6 Å². The van der Waals surface area contributed by atoms with Crippen molar-refractivity contribution in [1.29, 1.82) is 0 Å². The summed E-state index contributed by atoms with van der Waals surface area (Å²) in [7, 11) is 0. The first-order valence-corrected chi connectivity index (χ1v) is 9.67. The predicted octanol–water partition coefficient (Wildman–Crippen LogP) is 4.53. The molecule has 142 valence electrons. The van der Waals surface area contributed by atoms with Gasteiger partial charge in [-0.05, 0) is 24.5 Å². The highest BCUT2D eigenvalue weighted by atomic mass is 16.2. The van der Waals surface area contributed by atoms with Gasteiger partial charge >= 0.3 is 0 Å². The van der Waals surface area contributed by atoms with Crippen molar-refractivity contribution in [3.63, 3.8) is 0 Å². The third kappa shape index (κ3) is 3.26. The standard InChI is InChI=1S/C24H25N3O/c1-17-22-14-15-26(19(3)28)16-23(22)25-18(2)27(17)24(20-10-6-4-7-11-20)21-12-8-5-9-13-21/h4-13,24H,1,14-16H2,2-3H3. The van der Waals surface area contributed by atoms with E-state index < -0.39 is 0 Å². The second kappa shape index (κ2) is 7.47. The Balaban J connectivity index is 1.76. The normalized spacial score (nSPS) is 17.0. The van der Waals surface area contributed by atoms with E-state index in [1.807, 2.05) is 24.0 Å². The third-order valence-corrected chi connectivity index (χ3v) is 5.54. The molecular weight excluding hydrogens is 346 g/mol. The Kier molecular flexibility index (Phi) is 4.86. The van der Waals surface area contributed by atoms with Gasteiger partial charge in [0.15, 0.2) is 0 Å². The molecule has 1 amide bonds. The van der Waals surface area contributed by atoms with E-state index in [4.69, 9.17) is 4.99 Å². The monoisotopic (exact) mass is 371 g/mol. The molecule has 0 aromatic heterocycles. The van der Waals surface area contributed by atoms with Crippen LogP contribution in [0, 0.1) is 0 Å². The number of aliphatic imine (C=N–C) groups is 1. The van der Waals surface area contributed by atoms with E-state index in [1.165, 1.54) is 16.7 Å². The summed E-state index contributed by atoms with van der Waals surface area (Å²) >= 11 is 0. The highest BCUT2D eigenvalue weighted by Gasteiger charge is 2.33. The average molecular weight is 371 g/mol. The van der Waals surface area contributed by atoms with Crippen molar-refractivity contribution in [3.05, 3.63) is 95.3 Å². The van der Waals surface area contributed by atoms with Gasteiger partial charge in [0, 0.05) is 24.7 Å². The molecule has 2 aliphatic heterocycles. The van der Waals surface area contributed by atoms with Gasteiger partial charge in [-0.2, -0.15) is 0 Å². The molecule has 0 bridgehead atoms. The van der Waals surface area contributed by atoms with E-state index in [2.05, 4.69) is 60.0 Å². The molecule has 0 aliphatic carbocycles. The Labute approximate surface area is 166 Å². The average Bonchev–Trinajstić information content (AvgIpc) is 2.72. The van der Waals surface area contributed by atoms with Crippen LogP contribution in [-0.2, 0) is 4.79 Å². The summed E-state index contributed by atoms with van der Waals surface area (Å²) in [5, 5.41) is 0. The summed E-state index contributed by atoms with van der Waals surface area (Å²) in [4.78, 5) is 20.8. The van der Waals surface area contributed by atoms with Crippen LogP contribution in [0.15, 0.2) is 89.2 Å². The molecule has 2 aromatic rings. The molecule has 2 heterocycles. The zero-order valence-electron chi connectivity index (χ0n) is 16.4. The number of rotatable bonds is 3. The van der Waals surface area contributed by atoms with Crippen molar-refractivity contribution in [2.75, 3.05) is 13.1 Å². The van der Waals surface area contributed by atoms with E-state index in [-0.39, 0.29) is 11.9 Å². The van der Waals surface area contributed by atoms with Crippen LogP contribution in [0.2, 0.25) is 0 Å². The van der Waals surface area contributed by atoms with Crippen LogP contribution in [0.25, 0.3) is 0 Å². The van der Waals surface area contributed by atoms with Crippen molar-refractivity contribution < 1.29 is 4.79 Å². The van der Waals surface area contributed by atoms with Crippen LogP contribution in [0.5, 0.6) is 0 Å². The molecule has 28 heavy (non-hydrogen) atoms. The Morgan fingerprint density at radius 2 is 1.61 bits per heavy atom. The van der Waals surface area contributed by atoms with Gasteiger partial charge in [-0.1, -0.05) is 67.2 Å². The van der Waals surface area contributed by atoms with E-state index in [1.54, 1.807) is 6.92 Å². The molecule has 0 atom stereocenters. The number of allylic oxidation sites excluding steroid dienone is 1. The van der Waals surface area contributed by atoms with E-state index in [0.29, 0.717) is 6.54 Å². The lowest BCUT2D eigenvalue weighted by Gasteiger charge is -2.41. The van der Waals surface area contributed by atoms with Crippen molar-refractivity contribution in [3.8, 4) is 0 Å². The van der Waals surface area contributed by atoms with Crippen LogP contribution < -0.4 is 0 Å². The number of carbonyl (C=O) groups excluding carboxylic acids is 1. The maximum Gasteiger partial charge on any atom is 0.219 e. The first kappa shape index (κ1) is 18.2. The first-order chi connectivity index (χ1) is 13.6. The van der Waals surface area contributed by atoms with Gasteiger partial charge in [0.1, 0.15) is 5.84 Å². The molecule has 0 radical (unpaired) electrons. The van der Waals surface area contributed by atoms with Gasteiger partial charge in [-0.15, -0.1) is 0 Å². The molecule has 0 N–H and O–H groups in total. The molecule has 4 heteroatoms. The summed E-state index contributed by atoms with van der Waals surface area (Å²) in [5.74, 6) is 1.01. The fraction of sp³-hybridized carbons (Fsp3) is 0.250. The SMILES string of the molecule is C=C1C2=C(CN(C(C)=O)CC2)N=C(C)N1C(c1ccccc1)c1ccccc1. The zero-order chi connectivity index (χ0) is 19.7. The van der Waals surface area contributed by atoms with Crippen molar-refractivity contribution >= 4 is 11.7 Å². The number of hydrogen-bond acceptors (Lipinski definition) is 3. The van der Waals surface area contributed by atoms with Gasteiger partial charge in [0.25, 0.3) is 0 Å². The Morgan fingerprint density at radius 3 is 2.14 bits per heavy atom. The maximum atomic E-state index is 11.8. The van der Waals surface area contributed by atoms with Gasteiger partial charge in [-0.3, -0.25) is 4.79 Å². The molecule has 4 rings (SSSR count). The minimum Gasteiger partial charge on any atom is -0.337 e. The van der Waals surface area contributed by atoms with Gasteiger partial charge in [0.2, 0.25) is 5.91 Å². The van der Waals surface area contributed by atoms with Gasteiger partial charge in [0.05, 0.1) is 18.3 Å². The molecule has 4 nitrogen and oxygen atoms in total. The lowest BCUT2D eigenvalue weighted by Crippen LogP contribution is -2.42. The molecule has 0 unspecified atom stereocenters. The fourth-order valence-corrected chi connectivity index (χ4v) is 4.12. The van der Waals surface area contributed by atoms with Gasteiger partial charge in [-0.25, -0.2) is 4.99 Å². The van der Waals surface area contributed by atoms with Gasteiger partial charge < -0.3 is 9.80 Å². The first-order valence-electron chi connectivity index (χ1n) is 9.67. The van der Waals surface area contributed by atoms with Crippen LogP contribution >= 0.6 is 0 Å². The number of benzene rings is 2. The second-order valence-electron chi connectivity index (χ2n) is 7.32. The second-order valence-corrected chi connectivity index (χ2v) is 7.32. The number of carbonyl (C=O) groups is 1. The quantitative estimate of drug-likeness (QED) is 0.795. The maximum absolute atomic E-state index is 11.8. The summed E-state index contributed by atoms with van der Waals surface area (Å²) in [6, 6.07) is 21.0. The summed E-state index contributed by atoms with van der Waals surface area (Å²) < 4.78 is 0. The number of nitrogens with zero attached hydrogens (tertiary/aromatic N) is 3. The van der Waals surface area contributed by atoms with Crippen LogP contribution in [0.4, 0.5) is 0 Å². The number of amides is 1. The minimum absolute atomic E-state index is 0.0125. The van der Waals surface area contributed by atoms with Crippen LogP contribution in [0.3, 0.4) is 0 Å². The van der Waals surface area contributed by atoms with Crippen LogP contribution in [0.1, 0.15) is 37.4 Å². The number of hydrogen-bond donors (Lipinski definition) is 0. The minimum atomic E-state index is 0.0125. The smallest absolute Gasteiger partial charge is 0.219 e. The molecule has 0 saturated heterocycles. The summed E-state index contributed by atoms with van der Waals surface area (Å²) in [5.41, 5.74) is 5.53. The van der Waals surface area contributed by atoms with E-state index in [0.717, 1.165) is 30.2 Å². The third-order valence-electron chi connectivity index (χ3n) is 5.54. The van der Waals surface area contributed by atoms with E-state index in [9.17, 15) is 4.79 Å².